The largest absolute Gasteiger partial charge is 0.302 e. The van der Waals surface area contributed by atoms with E-state index in [9.17, 15) is 0 Å². The Morgan fingerprint density at radius 1 is 1.00 bits per heavy atom. The van der Waals surface area contributed by atoms with Gasteiger partial charge in [-0.1, -0.05) is 51.5 Å². The van der Waals surface area contributed by atoms with Crippen molar-refractivity contribution in [2.75, 3.05) is 13.6 Å². The average molecular weight is 221 g/mol. The molecule has 0 amide bonds. The molecular weight excluding hydrogens is 194 g/mol. The summed E-state index contributed by atoms with van der Waals surface area (Å²) in [6.45, 7) is 12.5. The summed E-state index contributed by atoms with van der Waals surface area (Å²) >= 11 is 0. The molecule has 16 heavy (non-hydrogen) atoms. The maximum atomic E-state index is 2.37. The Bertz CT molecular complexity index is 291. The predicted molar refractivity (Wildman–Crippen MR) is 73.9 cm³/mol. The highest BCUT2D eigenvalue weighted by atomic mass is 15.1. The third kappa shape index (κ3) is 4.36. The summed E-state index contributed by atoms with van der Waals surface area (Å²) in [6.07, 6.45) is 1.22. The molecule has 0 N–H and O–H groups in total. The van der Waals surface area contributed by atoms with Crippen molar-refractivity contribution in [1.82, 2.24) is 4.90 Å². The zero-order valence-corrected chi connectivity index (χ0v) is 11.8. The maximum Gasteiger partial charge on any atom is 0.0233 e. The lowest BCUT2D eigenvalue weighted by molar-refractivity contribution is 0.313. The summed E-state index contributed by atoms with van der Waals surface area (Å²) in [7, 11) is 2.18. The Morgan fingerprint density at radius 3 is 2.25 bits per heavy atom. The molecule has 0 aliphatic carbocycles. The lowest BCUT2D eigenvalue weighted by atomic mass is 9.98. The Kier molecular flexibility index (Phi) is 7.92. The zero-order chi connectivity index (χ0) is 12.6. The second-order valence-electron chi connectivity index (χ2n) is 3.76. The van der Waals surface area contributed by atoms with Gasteiger partial charge in [-0.2, -0.15) is 0 Å². The number of hydrogen-bond acceptors (Lipinski definition) is 1. The highest BCUT2D eigenvalue weighted by molar-refractivity contribution is 5.33. The molecule has 1 aliphatic heterocycles. The van der Waals surface area contributed by atoms with Crippen molar-refractivity contribution < 1.29 is 0 Å². The van der Waals surface area contributed by atoms with Crippen LogP contribution in [0.25, 0.3) is 0 Å². The Labute approximate surface area is 101 Å². The van der Waals surface area contributed by atoms with Crippen molar-refractivity contribution in [3.8, 4) is 0 Å². The quantitative estimate of drug-likeness (QED) is 0.639. The van der Waals surface area contributed by atoms with Crippen LogP contribution < -0.4 is 0 Å². The molecule has 0 atom stereocenters. The molecule has 1 heterocycles. The van der Waals surface area contributed by atoms with Gasteiger partial charge in [0.25, 0.3) is 0 Å². The highest BCUT2D eigenvalue weighted by Gasteiger charge is 2.11. The Morgan fingerprint density at radius 2 is 1.62 bits per heavy atom. The fourth-order valence-corrected chi connectivity index (χ4v) is 1.82. The summed E-state index contributed by atoms with van der Waals surface area (Å²) in [4.78, 5) is 2.37. The minimum atomic E-state index is 1.12. The fraction of sp³-hybridized carbons (Fsp3) is 0.600. The summed E-state index contributed by atoms with van der Waals surface area (Å²) < 4.78 is 0. The highest BCUT2D eigenvalue weighted by Crippen LogP contribution is 2.18. The molecule has 1 heteroatoms. The topological polar surface area (TPSA) is 3.24 Å². The molecule has 0 radical (unpaired) electrons. The van der Waals surface area contributed by atoms with Crippen molar-refractivity contribution >= 4 is 0 Å². The van der Waals surface area contributed by atoms with Crippen molar-refractivity contribution in [2.24, 2.45) is 0 Å². The lowest BCUT2D eigenvalue weighted by Gasteiger charge is -2.24. The van der Waals surface area contributed by atoms with Gasteiger partial charge in [-0.05, 0) is 31.5 Å². The normalized spacial score (nSPS) is 13.9. The lowest BCUT2D eigenvalue weighted by Crippen LogP contribution is -2.26. The monoisotopic (exact) mass is 221 g/mol. The first kappa shape index (κ1) is 15.2. The SMILES string of the molecule is CC.CC.Cc1ccc2c(c1)CCN(C)C2. The van der Waals surface area contributed by atoms with Crippen LogP contribution in [0.15, 0.2) is 18.2 Å². The maximum absolute atomic E-state index is 2.37. The number of fused-ring (bicyclic) bond motifs is 1. The van der Waals surface area contributed by atoms with Crippen LogP contribution in [0.1, 0.15) is 44.4 Å². The van der Waals surface area contributed by atoms with E-state index in [-0.39, 0.29) is 0 Å². The van der Waals surface area contributed by atoms with Gasteiger partial charge < -0.3 is 4.90 Å². The molecule has 0 aromatic heterocycles. The molecule has 1 aromatic rings. The van der Waals surface area contributed by atoms with Gasteiger partial charge >= 0.3 is 0 Å². The predicted octanol–water partition coefficient (Wildman–Crippen LogP) is 4.04. The minimum Gasteiger partial charge on any atom is -0.302 e. The van der Waals surface area contributed by atoms with Gasteiger partial charge in [0.2, 0.25) is 0 Å². The van der Waals surface area contributed by atoms with E-state index in [2.05, 4.69) is 37.1 Å². The van der Waals surface area contributed by atoms with Gasteiger partial charge in [-0.15, -0.1) is 0 Å². The molecule has 2 rings (SSSR count). The van der Waals surface area contributed by atoms with Crippen molar-refractivity contribution in [1.29, 1.82) is 0 Å². The van der Waals surface area contributed by atoms with Gasteiger partial charge in [0.05, 0.1) is 0 Å². The van der Waals surface area contributed by atoms with Crippen LogP contribution in [0.2, 0.25) is 0 Å². The van der Waals surface area contributed by atoms with Crippen LogP contribution in [0, 0.1) is 6.92 Å². The second kappa shape index (κ2) is 8.35. The first-order valence-corrected chi connectivity index (χ1v) is 6.52. The van der Waals surface area contributed by atoms with Gasteiger partial charge in [-0.25, -0.2) is 0 Å². The molecule has 92 valence electrons. The van der Waals surface area contributed by atoms with Crippen LogP contribution in [-0.4, -0.2) is 18.5 Å². The van der Waals surface area contributed by atoms with E-state index < -0.39 is 0 Å². The smallest absolute Gasteiger partial charge is 0.0233 e. The standard InChI is InChI=1S/C11H15N.2C2H6/c1-9-3-4-11-8-12(2)6-5-10(11)7-9;2*1-2/h3-4,7H,5-6,8H2,1-2H3;2*1-2H3. The summed E-state index contributed by atoms with van der Waals surface area (Å²) in [5.74, 6) is 0. The molecule has 0 spiro atoms. The summed E-state index contributed by atoms with van der Waals surface area (Å²) in [5, 5.41) is 0. The van der Waals surface area contributed by atoms with Gasteiger partial charge in [0.1, 0.15) is 0 Å². The minimum absolute atomic E-state index is 1.12. The van der Waals surface area contributed by atoms with E-state index in [1.165, 1.54) is 24.1 Å². The molecule has 0 bridgehead atoms. The van der Waals surface area contributed by atoms with E-state index in [0.29, 0.717) is 0 Å². The first-order chi connectivity index (χ1) is 7.75. The molecule has 0 saturated carbocycles. The molecule has 1 aromatic carbocycles. The van der Waals surface area contributed by atoms with E-state index in [1.54, 1.807) is 5.56 Å². The average Bonchev–Trinajstić information content (AvgIpc) is 2.35. The van der Waals surface area contributed by atoms with Crippen LogP contribution in [-0.2, 0) is 13.0 Å². The molecule has 0 unspecified atom stereocenters. The fourth-order valence-electron chi connectivity index (χ4n) is 1.82. The van der Waals surface area contributed by atoms with E-state index in [0.717, 1.165) is 6.54 Å². The van der Waals surface area contributed by atoms with Gasteiger partial charge in [0.15, 0.2) is 0 Å². The number of likely N-dealkylation sites (N-methyl/N-ethyl adjacent to an activating group) is 1. The molecule has 0 fully saturated rings. The van der Waals surface area contributed by atoms with Crippen LogP contribution in [0.4, 0.5) is 0 Å². The zero-order valence-electron chi connectivity index (χ0n) is 11.8. The van der Waals surface area contributed by atoms with E-state index in [4.69, 9.17) is 0 Å². The number of nitrogens with zero attached hydrogens (tertiary/aromatic N) is 1. The van der Waals surface area contributed by atoms with Crippen LogP contribution in [0.3, 0.4) is 0 Å². The number of rotatable bonds is 0. The molecular formula is C15H27N. The van der Waals surface area contributed by atoms with Crippen LogP contribution >= 0.6 is 0 Å². The second-order valence-corrected chi connectivity index (χ2v) is 3.76. The van der Waals surface area contributed by atoms with E-state index in [1.807, 2.05) is 27.7 Å². The third-order valence-corrected chi connectivity index (χ3v) is 2.56. The van der Waals surface area contributed by atoms with Crippen molar-refractivity contribution in [3.05, 3.63) is 34.9 Å². The molecule has 1 aliphatic rings. The van der Waals surface area contributed by atoms with Crippen LogP contribution in [0.5, 0.6) is 0 Å². The van der Waals surface area contributed by atoms with Gasteiger partial charge in [-0.3, -0.25) is 0 Å². The Hall–Kier alpha value is -0.820. The van der Waals surface area contributed by atoms with Gasteiger partial charge in [0, 0.05) is 13.1 Å². The molecule has 1 nitrogen and oxygen atoms in total. The third-order valence-electron chi connectivity index (χ3n) is 2.56. The first-order valence-electron chi connectivity index (χ1n) is 6.52. The van der Waals surface area contributed by atoms with Crippen molar-refractivity contribution in [3.63, 3.8) is 0 Å². The Balaban J connectivity index is 0.000000509. The number of hydrogen-bond donors (Lipinski definition) is 0. The number of aryl methyl sites for hydroxylation is 1. The summed E-state index contributed by atoms with van der Waals surface area (Å²) in [5.41, 5.74) is 4.45. The van der Waals surface area contributed by atoms with E-state index >= 15 is 0 Å². The number of benzene rings is 1. The van der Waals surface area contributed by atoms with Crippen molar-refractivity contribution in [2.45, 2.75) is 47.6 Å². The summed E-state index contributed by atoms with van der Waals surface area (Å²) in [6, 6.07) is 6.79. The molecule has 0 saturated heterocycles.